The monoisotopic (exact) mass is 353 g/mol. The number of sulfonamides is 1. The maximum atomic E-state index is 12.5. The number of aliphatic hydroxyl groups excluding tert-OH is 1. The lowest BCUT2D eigenvalue weighted by atomic mass is 10.2. The molecule has 1 N–H and O–H groups in total. The van der Waals surface area contributed by atoms with Crippen LogP contribution in [0.3, 0.4) is 0 Å². The zero-order valence-corrected chi connectivity index (χ0v) is 13.9. The minimum Gasteiger partial charge on any atom is -0.390 e. The molecule has 2 atom stereocenters. The maximum Gasteiger partial charge on any atom is 0.243 e. The number of aliphatic hydroxyl groups is 1. The number of rotatable bonds is 3. The van der Waals surface area contributed by atoms with Crippen LogP contribution in [0.15, 0.2) is 23.1 Å². The Morgan fingerprint density at radius 1 is 1.33 bits per heavy atom. The van der Waals surface area contributed by atoms with Crippen molar-refractivity contribution < 1.29 is 21.9 Å². The Kier molecular flexibility index (Phi) is 4.38. The molecule has 118 valence electrons. The number of nitrogens with zero attached hydrogens (tertiary/aromatic N) is 1. The van der Waals surface area contributed by atoms with E-state index in [0.29, 0.717) is 5.02 Å². The smallest absolute Gasteiger partial charge is 0.243 e. The fraction of sp³-hybridized carbons (Fsp3) is 0.500. The summed E-state index contributed by atoms with van der Waals surface area (Å²) in [6.07, 6.45) is -1.23. The Balaban J connectivity index is 2.37. The van der Waals surface area contributed by atoms with Crippen LogP contribution >= 0.6 is 11.6 Å². The highest BCUT2D eigenvalue weighted by Gasteiger charge is 2.43. The summed E-state index contributed by atoms with van der Waals surface area (Å²) in [5.74, 6) is -0.810. The number of hydrogen-bond acceptors (Lipinski definition) is 5. The normalized spacial score (nSPS) is 25.4. The maximum absolute atomic E-state index is 12.5. The average Bonchev–Trinajstić information content (AvgIpc) is 2.65. The molecular formula is C12H16ClNO5S2. The third-order valence-corrected chi connectivity index (χ3v) is 7.57. The van der Waals surface area contributed by atoms with E-state index in [2.05, 4.69) is 0 Å². The number of aryl methyl sites for hydroxylation is 1. The molecule has 1 saturated heterocycles. The summed E-state index contributed by atoms with van der Waals surface area (Å²) in [7, 11) is -6.09. The van der Waals surface area contributed by atoms with Crippen molar-refractivity contribution in [2.24, 2.45) is 0 Å². The van der Waals surface area contributed by atoms with E-state index in [9.17, 15) is 21.9 Å². The lowest BCUT2D eigenvalue weighted by Gasteiger charge is -2.25. The fourth-order valence-electron chi connectivity index (χ4n) is 2.24. The SMILES string of the molecule is Cc1ccc(S(=O)(=O)N(C)[C@@H]2CS(=O)(=O)C[C@H]2O)cc1Cl. The second-order valence-corrected chi connectivity index (χ2v) is 9.70. The lowest BCUT2D eigenvalue weighted by molar-refractivity contribution is 0.137. The van der Waals surface area contributed by atoms with Gasteiger partial charge in [0.15, 0.2) is 9.84 Å². The molecule has 9 heteroatoms. The average molecular weight is 354 g/mol. The molecule has 1 aromatic rings. The van der Waals surface area contributed by atoms with Crippen LogP contribution in [-0.2, 0) is 19.9 Å². The zero-order valence-electron chi connectivity index (χ0n) is 11.5. The van der Waals surface area contributed by atoms with Crippen LogP contribution in [0.2, 0.25) is 5.02 Å². The molecule has 2 rings (SSSR count). The van der Waals surface area contributed by atoms with Gasteiger partial charge in [-0.3, -0.25) is 0 Å². The van der Waals surface area contributed by atoms with Crippen LogP contribution in [0.5, 0.6) is 0 Å². The van der Waals surface area contributed by atoms with Crippen molar-refractivity contribution in [2.75, 3.05) is 18.6 Å². The molecule has 0 bridgehead atoms. The van der Waals surface area contributed by atoms with Crippen LogP contribution in [0, 0.1) is 6.92 Å². The summed E-state index contributed by atoms with van der Waals surface area (Å²) in [5, 5.41) is 10.1. The van der Waals surface area contributed by atoms with Crippen molar-refractivity contribution in [3.63, 3.8) is 0 Å². The van der Waals surface area contributed by atoms with Crippen LogP contribution < -0.4 is 0 Å². The minimum absolute atomic E-state index is 0.0305. The number of likely N-dealkylation sites (N-methyl/N-ethyl adjacent to an activating group) is 1. The van der Waals surface area contributed by atoms with Crippen LogP contribution in [0.25, 0.3) is 0 Å². The Hall–Kier alpha value is -0.670. The Bertz CT molecular complexity index is 760. The van der Waals surface area contributed by atoms with Gasteiger partial charge in [-0.05, 0) is 24.6 Å². The van der Waals surface area contributed by atoms with Crippen LogP contribution in [0.1, 0.15) is 5.56 Å². The van der Waals surface area contributed by atoms with Crippen molar-refractivity contribution >= 4 is 31.5 Å². The van der Waals surface area contributed by atoms with E-state index in [1.807, 2.05) is 0 Å². The molecular weight excluding hydrogens is 338 g/mol. The van der Waals surface area contributed by atoms with Crippen molar-refractivity contribution in [3.8, 4) is 0 Å². The highest BCUT2D eigenvalue weighted by Crippen LogP contribution is 2.26. The fourth-order valence-corrected chi connectivity index (χ4v) is 5.83. The van der Waals surface area contributed by atoms with Crippen molar-refractivity contribution in [1.82, 2.24) is 4.31 Å². The van der Waals surface area contributed by atoms with Gasteiger partial charge in [-0.2, -0.15) is 4.31 Å². The molecule has 0 unspecified atom stereocenters. The quantitative estimate of drug-likeness (QED) is 0.850. The van der Waals surface area contributed by atoms with Gasteiger partial charge >= 0.3 is 0 Å². The standard InChI is InChI=1S/C12H16ClNO5S2/c1-8-3-4-9(5-10(8)13)21(18,19)14(2)11-6-20(16,17)7-12(11)15/h3-5,11-12,15H,6-7H2,1-2H3/t11-,12-/m1/s1. The number of sulfone groups is 1. The predicted molar refractivity (Wildman–Crippen MR) is 79.6 cm³/mol. The van der Waals surface area contributed by atoms with Crippen molar-refractivity contribution in [3.05, 3.63) is 28.8 Å². The Labute approximate surface area is 129 Å². The summed E-state index contributed by atoms with van der Waals surface area (Å²) in [4.78, 5) is -0.0305. The van der Waals surface area contributed by atoms with Gasteiger partial charge in [0.2, 0.25) is 10.0 Å². The van der Waals surface area contributed by atoms with E-state index >= 15 is 0 Å². The second-order valence-electron chi connectivity index (χ2n) is 5.14. The van der Waals surface area contributed by atoms with E-state index in [4.69, 9.17) is 11.6 Å². The van der Waals surface area contributed by atoms with E-state index in [-0.39, 0.29) is 10.6 Å². The molecule has 0 aliphatic carbocycles. The molecule has 0 radical (unpaired) electrons. The van der Waals surface area contributed by atoms with E-state index < -0.39 is 37.8 Å². The molecule has 0 saturated carbocycles. The van der Waals surface area contributed by atoms with Gasteiger partial charge in [0.25, 0.3) is 0 Å². The first kappa shape index (κ1) is 16.7. The largest absolute Gasteiger partial charge is 0.390 e. The Morgan fingerprint density at radius 2 is 1.95 bits per heavy atom. The highest BCUT2D eigenvalue weighted by atomic mass is 35.5. The topological polar surface area (TPSA) is 91.8 Å². The first-order valence-electron chi connectivity index (χ1n) is 6.17. The molecule has 21 heavy (non-hydrogen) atoms. The third kappa shape index (κ3) is 3.24. The third-order valence-electron chi connectivity index (χ3n) is 3.58. The number of hydrogen-bond donors (Lipinski definition) is 1. The molecule has 1 fully saturated rings. The number of halogens is 1. The lowest BCUT2D eigenvalue weighted by Crippen LogP contribution is -2.44. The van der Waals surface area contributed by atoms with Gasteiger partial charge in [-0.15, -0.1) is 0 Å². The van der Waals surface area contributed by atoms with Gasteiger partial charge < -0.3 is 5.11 Å². The van der Waals surface area contributed by atoms with E-state index in [1.54, 1.807) is 13.0 Å². The predicted octanol–water partition coefficient (Wildman–Crippen LogP) is 0.427. The summed E-state index contributed by atoms with van der Waals surface area (Å²) in [5.41, 5.74) is 0.738. The van der Waals surface area contributed by atoms with Gasteiger partial charge in [-0.25, -0.2) is 16.8 Å². The zero-order chi connectivity index (χ0) is 16.0. The minimum atomic E-state index is -3.92. The highest BCUT2D eigenvalue weighted by molar-refractivity contribution is 7.92. The molecule has 1 heterocycles. The van der Waals surface area contributed by atoms with Crippen molar-refractivity contribution in [1.29, 1.82) is 0 Å². The molecule has 1 aliphatic heterocycles. The molecule has 6 nitrogen and oxygen atoms in total. The summed E-state index contributed by atoms with van der Waals surface area (Å²) < 4.78 is 48.9. The Morgan fingerprint density at radius 3 is 2.43 bits per heavy atom. The summed E-state index contributed by atoms with van der Waals surface area (Å²) in [6.45, 7) is 1.75. The van der Waals surface area contributed by atoms with Gasteiger partial charge in [-0.1, -0.05) is 17.7 Å². The van der Waals surface area contributed by atoms with Crippen LogP contribution in [0.4, 0.5) is 0 Å². The first-order valence-corrected chi connectivity index (χ1v) is 9.81. The molecule has 1 aliphatic rings. The van der Waals surface area contributed by atoms with E-state index in [1.165, 1.54) is 19.2 Å². The van der Waals surface area contributed by atoms with E-state index in [0.717, 1.165) is 9.87 Å². The summed E-state index contributed by atoms with van der Waals surface area (Å²) in [6, 6.07) is 3.31. The molecule has 0 spiro atoms. The molecule has 0 amide bonds. The molecule has 0 aromatic heterocycles. The van der Waals surface area contributed by atoms with Crippen LogP contribution in [-0.4, -0.2) is 56.9 Å². The second kappa shape index (κ2) is 5.51. The van der Waals surface area contributed by atoms with Gasteiger partial charge in [0.05, 0.1) is 28.5 Å². The summed E-state index contributed by atoms with van der Waals surface area (Å²) >= 11 is 5.93. The van der Waals surface area contributed by atoms with Gasteiger partial charge in [0, 0.05) is 12.1 Å². The number of benzene rings is 1. The van der Waals surface area contributed by atoms with Gasteiger partial charge in [0.1, 0.15) is 0 Å². The molecule has 1 aromatic carbocycles. The first-order chi connectivity index (χ1) is 9.54. The van der Waals surface area contributed by atoms with Crippen molar-refractivity contribution in [2.45, 2.75) is 24.0 Å².